The molecule has 2 aromatic heterocycles. The molecule has 1 N–H and O–H groups in total. The number of H-pyrrole nitrogens is 1. The van der Waals surface area contributed by atoms with E-state index in [0.717, 1.165) is 28.1 Å². The van der Waals surface area contributed by atoms with Crippen molar-refractivity contribution in [2.75, 3.05) is 6.61 Å². The Morgan fingerprint density at radius 2 is 1.43 bits per heavy atom. The van der Waals surface area contributed by atoms with Gasteiger partial charge in [0.1, 0.15) is 17.9 Å². The van der Waals surface area contributed by atoms with Crippen LogP contribution in [0.4, 0.5) is 0 Å². The second-order valence-corrected chi connectivity index (χ2v) is 10.7. The van der Waals surface area contributed by atoms with E-state index in [4.69, 9.17) is 9.47 Å². The Kier molecular flexibility index (Phi) is 7.45. The summed E-state index contributed by atoms with van der Waals surface area (Å²) in [5.41, 5.74) is 3.24. The van der Waals surface area contributed by atoms with Gasteiger partial charge in [0.15, 0.2) is 0 Å². The molecule has 0 radical (unpaired) electrons. The highest BCUT2D eigenvalue weighted by atomic mass is 16.6. The van der Waals surface area contributed by atoms with Gasteiger partial charge in [-0.1, -0.05) is 96.2 Å². The summed E-state index contributed by atoms with van der Waals surface area (Å²) < 4.78 is 17.0. The maximum Gasteiger partial charge on any atom is 0.330 e. The van der Waals surface area contributed by atoms with Crippen molar-refractivity contribution >= 4 is 0 Å². The molecule has 0 aliphatic carbocycles. The summed E-state index contributed by atoms with van der Waals surface area (Å²) in [5, 5.41) is 8.72. The van der Waals surface area contributed by atoms with Crippen LogP contribution in [0.2, 0.25) is 0 Å². The lowest BCUT2D eigenvalue weighted by Crippen LogP contribution is -2.38. The van der Waals surface area contributed by atoms with Gasteiger partial charge < -0.3 is 9.47 Å². The predicted octanol–water partition coefficient (Wildman–Crippen LogP) is 4.59. The molecule has 0 unspecified atom stereocenters. The zero-order valence-electron chi connectivity index (χ0n) is 23.8. The third-order valence-corrected chi connectivity index (χ3v) is 8.14. The van der Waals surface area contributed by atoms with Gasteiger partial charge in [0, 0.05) is 18.2 Å². The molecular weight excluding hydrogens is 530 g/mol. The Labute approximate surface area is 243 Å². The van der Waals surface area contributed by atoms with Gasteiger partial charge in [0.05, 0.1) is 24.0 Å². The third-order valence-electron chi connectivity index (χ3n) is 8.14. The first-order valence-corrected chi connectivity index (χ1v) is 14.0. The minimum atomic E-state index is -0.936. The molecule has 1 fully saturated rings. The zero-order valence-corrected chi connectivity index (χ0v) is 23.8. The van der Waals surface area contributed by atoms with Crippen molar-refractivity contribution in [2.45, 2.75) is 51.2 Å². The van der Waals surface area contributed by atoms with Gasteiger partial charge in [-0.3, -0.25) is 14.3 Å². The topological polar surface area (TPSA) is 104 Å². The van der Waals surface area contributed by atoms with Crippen LogP contribution in [0.15, 0.2) is 107 Å². The largest absolute Gasteiger partial charge is 0.358 e. The molecule has 0 bridgehead atoms. The molecule has 0 spiro atoms. The van der Waals surface area contributed by atoms with E-state index in [1.807, 2.05) is 73.1 Å². The molecule has 9 heteroatoms. The lowest BCUT2D eigenvalue weighted by Gasteiger charge is -2.37. The fourth-order valence-corrected chi connectivity index (χ4v) is 5.80. The van der Waals surface area contributed by atoms with Crippen LogP contribution in [0.5, 0.6) is 0 Å². The molecule has 42 heavy (non-hydrogen) atoms. The number of aryl methyl sites for hydroxylation is 2. The highest BCUT2D eigenvalue weighted by Crippen LogP contribution is 2.43. The van der Waals surface area contributed by atoms with Gasteiger partial charge >= 0.3 is 5.69 Å². The molecule has 1 saturated heterocycles. The number of ether oxygens (including phenoxy) is 2. The summed E-state index contributed by atoms with van der Waals surface area (Å²) >= 11 is 0. The molecule has 0 amide bonds. The average molecular weight is 564 g/mol. The molecule has 1 aliphatic rings. The van der Waals surface area contributed by atoms with Crippen LogP contribution >= 0.6 is 0 Å². The zero-order chi connectivity index (χ0) is 29.3. The first kappa shape index (κ1) is 27.6. The van der Waals surface area contributed by atoms with E-state index in [-0.39, 0.29) is 12.6 Å². The Bertz CT molecular complexity index is 1680. The number of aromatic nitrogens is 5. The van der Waals surface area contributed by atoms with Gasteiger partial charge in [-0.2, -0.15) is 0 Å². The number of hydrogen-bond donors (Lipinski definition) is 1. The van der Waals surface area contributed by atoms with Crippen LogP contribution < -0.4 is 11.2 Å². The van der Waals surface area contributed by atoms with E-state index in [9.17, 15) is 9.59 Å². The van der Waals surface area contributed by atoms with Crippen LogP contribution in [-0.4, -0.2) is 37.3 Å². The highest BCUT2D eigenvalue weighted by molar-refractivity contribution is 5.47. The molecule has 9 nitrogen and oxygen atoms in total. The van der Waals surface area contributed by atoms with Crippen molar-refractivity contribution in [3.8, 4) is 0 Å². The smallest absolute Gasteiger partial charge is 0.330 e. The molecule has 5 aromatic rings. The van der Waals surface area contributed by atoms with Crippen molar-refractivity contribution in [1.29, 1.82) is 0 Å². The molecule has 6 rings (SSSR count). The number of aromatic amines is 1. The standard InChI is InChI=1S/C33H33N5O4/c1-22-20-37(32(40)34-31(22)39)30-19-28(38-24(3)23(2)35-36-38)29(42-30)21-41-33(25-13-7-4-8-14-25,26-15-9-5-10-16-26)27-17-11-6-12-18-27/h4-18,20,28-30H,19,21H2,1-3H3,(H,34,39,40)/t28-,29+,30+/m0/s1. The lowest BCUT2D eigenvalue weighted by atomic mass is 9.80. The van der Waals surface area contributed by atoms with Gasteiger partial charge in [0.25, 0.3) is 5.56 Å². The van der Waals surface area contributed by atoms with Crippen LogP contribution in [0.25, 0.3) is 0 Å². The molecule has 1 aliphatic heterocycles. The van der Waals surface area contributed by atoms with E-state index in [0.29, 0.717) is 12.0 Å². The molecule has 3 aromatic carbocycles. The van der Waals surface area contributed by atoms with Crippen molar-refractivity contribution in [3.05, 3.63) is 152 Å². The molecule has 214 valence electrons. The summed E-state index contributed by atoms with van der Waals surface area (Å²) in [5.74, 6) is 0. The SMILES string of the molecule is Cc1nnn([C@H]2C[C@H](n3cc(C)c(=O)[nH]c3=O)O[C@@H]2COC(c2ccccc2)(c2ccccc2)c2ccccc2)c1C. The van der Waals surface area contributed by atoms with E-state index >= 15 is 0 Å². The van der Waals surface area contributed by atoms with Gasteiger partial charge in [0.2, 0.25) is 0 Å². The van der Waals surface area contributed by atoms with E-state index in [1.165, 1.54) is 4.57 Å². The van der Waals surface area contributed by atoms with Crippen molar-refractivity contribution in [1.82, 2.24) is 24.5 Å². The number of nitrogens with zero attached hydrogens (tertiary/aromatic N) is 4. The van der Waals surface area contributed by atoms with Crippen LogP contribution in [0.1, 0.15) is 52.3 Å². The number of hydrogen-bond acceptors (Lipinski definition) is 6. The molecule has 3 heterocycles. The van der Waals surface area contributed by atoms with E-state index in [1.54, 1.807) is 13.1 Å². The Hall–Kier alpha value is -4.60. The second-order valence-electron chi connectivity index (χ2n) is 10.7. The molecule has 0 saturated carbocycles. The summed E-state index contributed by atoms with van der Waals surface area (Å²) in [4.78, 5) is 27.3. The Morgan fingerprint density at radius 1 is 0.881 bits per heavy atom. The maximum atomic E-state index is 12.8. The number of rotatable bonds is 8. The van der Waals surface area contributed by atoms with Crippen LogP contribution in [0, 0.1) is 20.8 Å². The fourth-order valence-electron chi connectivity index (χ4n) is 5.80. The third kappa shape index (κ3) is 4.91. The second kappa shape index (κ2) is 11.3. The molecular formula is C33H33N5O4. The van der Waals surface area contributed by atoms with Crippen LogP contribution in [0.3, 0.4) is 0 Å². The van der Waals surface area contributed by atoms with Gasteiger partial charge in [-0.25, -0.2) is 9.48 Å². The van der Waals surface area contributed by atoms with E-state index < -0.39 is 29.2 Å². The Morgan fingerprint density at radius 3 is 1.93 bits per heavy atom. The molecule has 3 atom stereocenters. The summed E-state index contributed by atoms with van der Waals surface area (Å²) in [7, 11) is 0. The van der Waals surface area contributed by atoms with Gasteiger partial charge in [-0.05, 0) is 37.5 Å². The first-order chi connectivity index (χ1) is 20.4. The first-order valence-electron chi connectivity index (χ1n) is 14.0. The Balaban J connectivity index is 1.44. The fraction of sp³-hybridized carbons (Fsp3) is 0.273. The summed E-state index contributed by atoms with van der Waals surface area (Å²) in [6, 6.07) is 30.2. The van der Waals surface area contributed by atoms with Crippen LogP contribution in [-0.2, 0) is 15.1 Å². The quantitative estimate of drug-likeness (QED) is 0.277. The normalized spacial score (nSPS) is 18.8. The maximum absolute atomic E-state index is 12.8. The van der Waals surface area contributed by atoms with Crippen molar-refractivity contribution in [2.24, 2.45) is 0 Å². The summed E-state index contributed by atoms with van der Waals surface area (Å²) in [6.07, 6.45) is 0.880. The lowest BCUT2D eigenvalue weighted by molar-refractivity contribution is -0.0844. The predicted molar refractivity (Wildman–Crippen MR) is 158 cm³/mol. The highest BCUT2D eigenvalue weighted by Gasteiger charge is 2.43. The van der Waals surface area contributed by atoms with Crippen molar-refractivity contribution in [3.63, 3.8) is 0 Å². The number of nitrogens with one attached hydrogen (secondary N) is 1. The minimum absolute atomic E-state index is 0.190. The summed E-state index contributed by atoms with van der Waals surface area (Å²) in [6.45, 7) is 5.74. The monoisotopic (exact) mass is 563 g/mol. The van der Waals surface area contributed by atoms with Gasteiger partial charge in [-0.15, -0.1) is 5.10 Å². The minimum Gasteiger partial charge on any atom is -0.358 e. The van der Waals surface area contributed by atoms with E-state index in [2.05, 4.69) is 51.7 Å². The number of benzene rings is 3. The average Bonchev–Trinajstić information content (AvgIpc) is 3.59. The van der Waals surface area contributed by atoms with Crippen molar-refractivity contribution < 1.29 is 9.47 Å².